The summed E-state index contributed by atoms with van der Waals surface area (Å²) in [4.78, 5) is 0. The first-order valence-corrected chi connectivity index (χ1v) is 6.65. The van der Waals surface area contributed by atoms with E-state index < -0.39 is 0 Å². The van der Waals surface area contributed by atoms with E-state index in [-0.39, 0.29) is 0 Å². The molecule has 0 heterocycles. The highest BCUT2D eigenvalue weighted by molar-refractivity contribution is 5.43. The molecule has 0 spiro atoms. The molecule has 0 saturated heterocycles. The molecule has 0 amide bonds. The van der Waals surface area contributed by atoms with Gasteiger partial charge in [0.05, 0.1) is 0 Å². The molecule has 2 rings (SSSR count). The van der Waals surface area contributed by atoms with Crippen LogP contribution in [0.3, 0.4) is 0 Å². The van der Waals surface area contributed by atoms with Gasteiger partial charge in [0.15, 0.2) is 0 Å². The van der Waals surface area contributed by atoms with Gasteiger partial charge in [0.2, 0.25) is 0 Å². The van der Waals surface area contributed by atoms with Gasteiger partial charge < -0.3 is 10.5 Å². The van der Waals surface area contributed by atoms with Gasteiger partial charge in [-0.2, -0.15) is 0 Å². The quantitative estimate of drug-likeness (QED) is 0.899. The first-order chi connectivity index (χ1) is 9.10. The maximum atomic E-state index is 6.02. The number of aryl methyl sites for hydroxylation is 3. The van der Waals surface area contributed by atoms with Gasteiger partial charge in [-0.05, 0) is 68.1 Å². The summed E-state index contributed by atoms with van der Waals surface area (Å²) in [7, 11) is 0. The molecule has 0 aliphatic carbocycles. The minimum atomic E-state index is 0.677. The van der Waals surface area contributed by atoms with Crippen LogP contribution < -0.4 is 10.5 Å². The third-order valence-corrected chi connectivity index (χ3v) is 3.24. The van der Waals surface area contributed by atoms with Crippen molar-refractivity contribution in [3.8, 4) is 11.5 Å². The molecule has 0 aliphatic rings. The highest BCUT2D eigenvalue weighted by Crippen LogP contribution is 2.29. The predicted molar refractivity (Wildman–Crippen MR) is 79.9 cm³/mol. The van der Waals surface area contributed by atoms with E-state index in [2.05, 4.69) is 51.1 Å². The second kappa shape index (κ2) is 5.89. The number of rotatable bonds is 4. The van der Waals surface area contributed by atoms with Crippen molar-refractivity contribution in [2.45, 2.75) is 27.2 Å². The van der Waals surface area contributed by atoms with E-state index in [0.29, 0.717) is 6.54 Å². The Bertz CT molecular complexity index is 575. The zero-order valence-corrected chi connectivity index (χ0v) is 11.9. The molecule has 2 heteroatoms. The van der Waals surface area contributed by atoms with Crippen molar-refractivity contribution in [2.24, 2.45) is 5.73 Å². The van der Waals surface area contributed by atoms with Crippen molar-refractivity contribution >= 4 is 0 Å². The second-order valence-corrected chi connectivity index (χ2v) is 5.01. The van der Waals surface area contributed by atoms with Crippen LogP contribution in [0.15, 0.2) is 36.4 Å². The van der Waals surface area contributed by atoms with Crippen molar-refractivity contribution in [2.75, 3.05) is 6.54 Å². The minimum absolute atomic E-state index is 0.677. The van der Waals surface area contributed by atoms with E-state index in [1.165, 1.54) is 11.1 Å². The maximum Gasteiger partial charge on any atom is 0.130 e. The molecule has 0 aromatic heterocycles. The van der Waals surface area contributed by atoms with E-state index in [1.54, 1.807) is 0 Å². The predicted octanol–water partition coefficient (Wildman–Crippen LogP) is 3.91. The van der Waals surface area contributed by atoms with Crippen molar-refractivity contribution in [3.05, 3.63) is 58.7 Å². The fraction of sp³-hybridized carbons (Fsp3) is 0.294. The Morgan fingerprint density at radius 3 is 2.37 bits per heavy atom. The number of hydrogen-bond donors (Lipinski definition) is 1. The molecule has 19 heavy (non-hydrogen) atoms. The van der Waals surface area contributed by atoms with Gasteiger partial charge in [0, 0.05) is 0 Å². The number of nitrogens with two attached hydrogens (primary N) is 1. The lowest BCUT2D eigenvalue weighted by Gasteiger charge is -2.12. The third kappa shape index (κ3) is 3.36. The molecule has 2 aromatic rings. The lowest BCUT2D eigenvalue weighted by Crippen LogP contribution is -2.03. The monoisotopic (exact) mass is 255 g/mol. The third-order valence-electron chi connectivity index (χ3n) is 3.24. The van der Waals surface area contributed by atoms with Gasteiger partial charge in [-0.25, -0.2) is 0 Å². The Kier molecular flexibility index (Phi) is 4.23. The first-order valence-electron chi connectivity index (χ1n) is 6.65. The standard InChI is InChI=1S/C17H21NO/c1-12-4-5-13(2)17(10-12)19-16-7-6-15(8-9-18)11-14(16)3/h4-7,10-11H,8-9,18H2,1-3H3. The maximum absolute atomic E-state index is 6.02. The van der Waals surface area contributed by atoms with Crippen LogP contribution in [0, 0.1) is 20.8 Å². The van der Waals surface area contributed by atoms with Crippen LogP contribution in [0.2, 0.25) is 0 Å². The van der Waals surface area contributed by atoms with Gasteiger partial charge in [-0.1, -0.05) is 24.3 Å². The molecule has 0 fully saturated rings. The van der Waals surface area contributed by atoms with Crippen LogP contribution in [0.4, 0.5) is 0 Å². The normalized spacial score (nSPS) is 10.5. The lowest BCUT2D eigenvalue weighted by molar-refractivity contribution is 0.474. The first kappa shape index (κ1) is 13.6. The largest absolute Gasteiger partial charge is 0.457 e. The molecule has 2 N–H and O–H groups in total. The fourth-order valence-corrected chi connectivity index (χ4v) is 2.08. The summed E-state index contributed by atoms with van der Waals surface area (Å²) < 4.78 is 6.02. The average Bonchev–Trinajstić information content (AvgIpc) is 2.37. The SMILES string of the molecule is Cc1ccc(C)c(Oc2ccc(CCN)cc2C)c1. The Hall–Kier alpha value is -1.80. The second-order valence-electron chi connectivity index (χ2n) is 5.01. The molecule has 2 aromatic carbocycles. The molecule has 0 unspecified atom stereocenters. The van der Waals surface area contributed by atoms with Crippen LogP contribution in [0.5, 0.6) is 11.5 Å². The summed E-state index contributed by atoms with van der Waals surface area (Å²) in [6, 6.07) is 12.5. The molecule has 0 bridgehead atoms. The topological polar surface area (TPSA) is 35.2 Å². The summed E-state index contributed by atoms with van der Waals surface area (Å²) in [6.45, 7) is 6.88. The summed E-state index contributed by atoms with van der Waals surface area (Å²) in [5.74, 6) is 1.84. The van der Waals surface area contributed by atoms with E-state index in [9.17, 15) is 0 Å². The summed E-state index contributed by atoms with van der Waals surface area (Å²) in [5.41, 5.74) is 10.3. The van der Waals surface area contributed by atoms with Crippen LogP contribution in [0.1, 0.15) is 22.3 Å². The molecule has 100 valence electrons. The molecule has 0 atom stereocenters. The van der Waals surface area contributed by atoms with Crippen molar-refractivity contribution in [1.82, 2.24) is 0 Å². The zero-order chi connectivity index (χ0) is 13.8. The van der Waals surface area contributed by atoms with Crippen LogP contribution in [0.25, 0.3) is 0 Å². The van der Waals surface area contributed by atoms with Gasteiger partial charge in [-0.15, -0.1) is 0 Å². The van der Waals surface area contributed by atoms with E-state index in [4.69, 9.17) is 10.5 Å². The van der Waals surface area contributed by atoms with E-state index in [1.807, 2.05) is 6.07 Å². The van der Waals surface area contributed by atoms with Crippen LogP contribution in [-0.4, -0.2) is 6.54 Å². The van der Waals surface area contributed by atoms with Gasteiger partial charge >= 0.3 is 0 Å². The molecular weight excluding hydrogens is 234 g/mol. The summed E-state index contributed by atoms with van der Waals surface area (Å²) in [5, 5.41) is 0. The van der Waals surface area contributed by atoms with E-state index in [0.717, 1.165) is 29.0 Å². The number of benzene rings is 2. The zero-order valence-electron chi connectivity index (χ0n) is 11.9. The molecule has 0 aliphatic heterocycles. The summed E-state index contributed by atoms with van der Waals surface area (Å²) >= 11 is 0. The van der Waals surface area contributed by atoms with E-state index >= 15 is 0 Å². The Balaban J connectivity index is 2.25. The average molecular weight is 255 g/mol. The highest BCUT2D eigenvalue weighted by atomic mass is 16.5. The van der Waals surface area contributed by atoms with Gasteiger partial charge in [0.1, 0.15) is 11.5 Å². The van der Waals surface area contributed by atoms with Gasteiger partial charge in [-0.3, -0.25) is 0 Å². The van der Waals surface area contributed by atoms with Crippen molar-refractivity contribution in [1.29, 1.82) is 0 Å². The van der Waals surface area contributed by atoms with Crippen molar-refractivity contribution < 1.29 is 4.74 Å². The minimum Gasteiger partial charge on any atom is -0.457 e. The van der Waals surface area contributed by atoms with Crippen LogP contribution in [-0.2, 0) is 6.42 Å². The van der Waals surface area contributed by atoms with Gasteiger partial charge in [0.25, 0.3) is 0 Å². The Labute approximate surface area is 115 Å². The van der Waals surface area contributed by atoms with Crippen LogP contribution >= 0.6 is 0 Å². The molecular formula is C17H21NO. The fourth-order valence-electron chi connectivity index (χ4n) is 2.08. The molecule has 0 radical (unpaired) electrons. The number of hydrogen-bond acceptors (Lipinski definition) is 2. The van der Waals surface area contributed by atoms with Crippen molar-refractivity contribution in [3.63, 3.8) is 0 Å². The summed E-state index contributed by atoms with van der Waals surface area (Å²) in [6.07, 6.45) is 0.907. The highest BCUT2D eigenvalue weighted by Gasteiger charge is 2.05. The molecule has 2 nitrogen and oxygen atoms in total. The lowest BCUT2D eigenvalue weighted by atomic mass is 10.1. The molecule has 0 saturated carbocycles. The Morgan fingerprint density at radius 2 is 1.68 bits per heavy atom. The number of ether oxygens (including phenoxy) is 1. The Morgan fingerprint density at radius 1 is 0.895 bits per heavy atom. The smallest absolute Gasteiger partial charge is 0.130 e.